The Morgan fingerprint density at radius 3 is 2.68 bits per heavy atom. The Morgan fingerprint density at radius 1 is 1.26 bits per heavy atom. The lowest BCUT2D eigenvalue weighted by Gasteiger charge is -2.21. The molecule has 0 heterocycles. The molecule has 2 aliphatic rings. The van der Waals surface area contributed by atoms with Gasteiger partial charge in [0.1, 0.15) is 5.75 Å². The molecule has 0 spiro atoms. The van der Waals surface area contributed by atoms with Crippen LogP contribution in [0.5, 0.6) is 5.75 Å². The molecule has 3 atom stereocenters. The summed E-state index contributed by atoms with van der Waals surface area (Å²) in [7, 11) is 2.09. The van der Waals surface area contributed by atoms with Crippen LogP contribution in [0, 0.1) is 17.8 Å². The number of rotatable bonds is 6. The van der Waals surface area contributed by atoms with Crippen molar-refractivity contribution in [3.8, 4) is 5.75 Å². The molecule has 2 aliphatic carbocycles. The highest BCUT2D eigenvalue weighted by atomic mass is 16.5. The number of hydrogen-bond acceptors (Lipinski definition) is 2. The predicted molar refractivity (Wildman–Crippen MR) is 78.3 cm³/mol. The zero-order chi connectivity index (χ0) is 13.2. The third-order valence-corrected chi connectivity index (χ3v) is 4.88. The summed E-state index contributed by atoms with van der Waals surface area (Å²) in [5.41, 5.74) is 1.36. The smallest absolute Gasteiger partial charge is 0.124 e. The van der Waals surface area contributed by atoms with Gasteiger partial charge < -0.3 is 10.1 Å². The molecule has 1 N–H and O–H groups in total. The minimum atomic E-state index is 0.475. The van der Waals surface area contributed by atoms with Gasteiger partial charge in [-0.15, -0.1) is 0 Å². The summed E-state index contributed by atoms with van der Waals surface area (Å²) < 4.78 is 5.93. The van der Waals surface area contributed by atoms with Crippen molar-refractivity contribution in [2.45, 2.75) is 38.6 Å². The molecule has 2 nitrogen and oxygen atoms in total. The standard InChI is InChI=1S/C17H25NO/c1-3-11-19-15-10-5-4-7-14(15)17(18-2)16-12-8-6-9-13(12)16/h4-5,7,10,12-13,16-18H,3,6,8-9,11H2,1-2H3. The van der Waals surface area contributed by atoms with Gasteiger partial charge in [-0.2, -0.15) is 0 Å². The Balaban J connectivity index is 1.79. The third kappa shape index (κ3) is 2.38. The molecular weight excluding hydrogens is 234 g/mol. The van der Waals surface area contributed by atoms with Gasteiger partial charge in [-0.25, -0.2) is 0 Å². The van der Waals surface area contributed by atoms with Crippen molar-refractivity contribution in [3.05, 3.63) is 29.8 Å². The van der Waals surface area contributed by atoms with E-state index < -0.39 is 0 Å². The van der Waals surface area contributed by atoms with Crippen LogP contribution in [-0.2, 0) is 0 Å². The van der Waals surface area contributed by atoms with E-state index in [1.54, 1.807) is 0 Å². The molecule has 104 valence electrons. The predicted octanol–water partition coefficient (Wildman–Crippen LogP) is 3.78. The summed E-state index contributed by atoms with van der Waals surface area (Å²) in [6.45, 7) is 2.97. The van der Waals surface area contributed by atoms with Gasteiger partial charge in [-0.1, -0.05) is 31.5 Å². The van der Waals surface area contributed by atoms with Crippen LogP contribution in [0.15, 0.2) is 24.3 Å². The summed E-state index contributed by atoms with van der Waals surface area (Å²) in [6.07, 6.45) is 5.38. The highest BCUT2D eigenvalue weighted by Crippen LogP contribution is 2.62. The fourth-order valence-corrected chi connectivity index (χ4v) is 4.01. The average molecular weight is 259 g/mol. The second-order valence-corrected chi connectivity index (χ2v) is 5.99. The van der Waals surface area contributed by atoms with Crippen LogP contribution >= 0.6 is 0 Å². The molecule has 0 bridgehead atoms. The molecule has 2 heteroatoms. The van der Waals surface area contributed by atoms with Gasteiger partial charge in [-0.05, 0) is 50.1 Å². The van der Waals surface area contributed by atoms with E-state index in [-0.39, 0.29) is 0 Å². The van der Waals surface area contributed by atoms with Crippen molar-refractivity contribution < 1.29 is 4.74 Å². The van der Waals surface area contributed by atoms with Crippen LogP contribution in [0.25, 0.3) is 0 Å². The van der Waals surface area contributed by atoms with Gasteiger partial charge in [0.2, 0.25) is 0 Å². The number of fused-ring (bicyclic) bond motifs is 1. The Labute approximate surface area is 116 Å². The van der Waals surface area contributed by atoms with Gasteiger partial charge in [0, 0.05) is 11.6 Å². The number of ether oxygens (including phenoxy) is 1. The molecule has 3 unspecified atom stereocenters. The quantitative estimate of drug-likeness (QED) is 0.839. The van der Waals surface area contributed by atoms with Gasteiger partial charge in [0.15, 0.2) is 0 Å². The molecular formula is C17H25NO. The van der Waals surface area contributed by atoms with Crippen molar-refractivity contribution in [2.24, 2.45) is 17.8 Å². The van der Waals surface area contributed by atoms with E-state index in [1.807, 2.05) is 0 Å². The van der Waals surface area contributed by atoms with Crippen LogP contribution in [-0.4, -0.2) is 13.7 Å². The molecule has 0 amide bonds. The SMILES string of the molecule is CCCOc1ccccc1C(NC)C1C2CCCC21. The maximum Gasteiger partial charge on any atom is 0.124 e. The molecule has 1 aromatic carbocycles. The number of hydrogen-bond donors (Lipinski definition) is 1. The first kappa shape index (κ1) is 13.0. The first-order valence-electron chi connectivity index (χ1n) is 7.75. The monoisotopic (exact) mass is 259 g/mol. The van der Waals surface area contributed by atoms with E-state index in [4.69, 9.17) is 4.74 Å². The highest BCUT2D eigenvalue weighted by molar-refractivity contribution is 5.37. The molecule has 0 aliphatic heterocycles. The van der Waals surface area contributed by atoms with Gasteiger partial charge in [0.05, 0.1) is 6.61 Å². The molecule has 2 saturated carbocycles. The summed E-state index contributed by atoms with van der Waals surface area (Å²) in [5, 5.41) is 3.55. The second-order valence-electron chi connectivity index (χ2n) is 5.99. The van der Waals surface area contributed by atoms with E-state index in [1.165, 1.54) is 24.8 Å². The molecule has 2 fully saturated rings. The Bertz CT molecular complexity index is 421. The Kier molecular flexibility index (Phi) is 3.79. The largest absolute Gasteiger partial charge is 0.493 e. The highest BCUT2D eigenvalue weighted by Gasteiger charge is 2.56. The van der Waals surface area contributed by atoms with E-state index in [0.717, 1.165) is 36.5 Å². The summed E-state index contributed by atoms with van der Waals surface area (Å²) in [6, 6.07) is 9.04. The normalized spacial score (nSPS) is 29.9. The molecule has 1 aromatic rings. The summed E-state index contributed by atoms with van der Waals surface area (Å²) in [5.74, 6) is 3.85. The van der Waals surface area contributed by atoms with E-state index in [2.05, 4.69) is 43.6 Å². The number of para-hydroxylation sites is 1. The van der Waals surface area contributed by atoms with E-state index >= 15 is 0 Å². The molecule has 19 heavy (non-hydrogen) atoms. The number of nitrogens with one attached hydrogen (secondary N) is 1. The summed E-state index contributed by atoms with van der Waals surface area (Å²) in [4.78, 5) is 0. The summed E-state index contributed by atoms with van der Waals surface area (Å²) >= 11 is 0. The van der Waals surface area contributed by atoms with E-state index in [9.17, 15) is 0 Å². The van der Waals surface area contributed by atoms with Crippen LogP contribution < -0.4 is 10.1 Å². The zero-order valence-corrected chi connectivity index (χ0v) is 12.1. The van der Waals surface area contributed by atoms with E-state index in [0.29, 0.717) is 6.04 Å². The van der Waals surface area contributed by atoms with Crippen molar-refractivity contribution in [3.63, 3.8) is 0 Å². The number of benzene rings is 1. The lowest BCUT2D eigenvalue weighted by molar-refractivity contribution is 0.306. The molecule has 0 aromatic heterocycles. The topological polar surface area (TPSA) is 21.3 Å². The van der Waals surface area contributed by atoms with Crippen molar-refractivity contribution >= 4 is 0 Å². The van der Waals surface area contributed by atoms with Crippen LogP contribution in [0.4, 0.5) is 0 Å². The lowest BCUT2D eigenvalue weighted by atomic mass is 9.96. The van der Waals surface area contributed by atoms with Crippen LogP contribution in [0.2, 0.25) is 0 Å². The fourth-order valence-electron chi connectivity index (χ4n) is 4.01. The average Bonchev–Trinajstić information content (AvgIpc) is 2.91. The Morgan fingerprint density at radius 2 is 2.00 bits per heavy atom. The zero-order valence-electron chi connectivity index (χ0n) is 12.1. The molecule has 0 saturated heterocycles. The van der Waals surface area contributed by atoms with Gasteiger partial charge in [0.25, 0.3) is 0 Å². The molecule has 0 radical (unpaired) electrons. The lowest BCUT2D eigenvalue weighted by Crippen LogP contribution is -2.21. The maximum atomic E-state index is 5.93. The second kappa shape index (κ2) is 5.54. The minimum Gasteiger partial charge on any atom is -0.493 e. The fraction of sp³-hybridized carbons (Fsp3) is 0.647. The minimum absolute atomic E-state index is 0.475. The van der Waals surface area contributed by atoms with Gasteiger partial charge >= 0.3 is 0 Å². The first-order valence-corrected chi connectivity index (χ1v) is 7.75. The van der Waals surface area contributed by atoms with Crippen LogP contribution in [0.1, 0.15) is 44.2 Å². The maximum absolute atomic E-state index is 5.93. The van der Waals surface area contributed by atoms with Gasteiger partial charge in [-0.3, -0.25) is 0 Å². The third-order valence-electron chi connectivity index (χ3n) is 4.88. The Hall–Kier alpha value is -1.02. The van der Waals surface area contributed by atoms with Crippen molar-refractivity contribution in [1.82, 2.24) is 5.32 Å². The van der Waals surface area contributed by atoms with Crippen molar-refractivity contribution in [1.29, 1.82) is 0 Å². The first-order chi connectivity index (χ1) is 9.36. The van der Waals surface area contributed by atoms with Crippen molar-refractivity contribution in [2.75, 3.05) is 13.7 Å². The molecule has 3 rings (SSSR count). The van der Waals surface area contributed by atoms with Crippen LogP contribution in [0.3, 0.4) is 0 Å².